The SMILES string of the molecule is CCC(CO)(CN(C)CCN(C)CC(CC)(CO)[NH+](O)O)[N+](=O)[O-]. The lowest BCUT2D eigenvalue weighted by atomic mass is 9.97. The third kappa shape index (κ3) is 5.88. The van der Waals surface area contributed by atoms with E-state index in [9.17, 15) is 30.7 Å². The highest BCUT2D eigenvalue weighted by Crippen LogP contribution is 2.15. The summed E-state index contributed by atoms with van der Waals surface area (Å²) in [4.78, 5) is 14.4. The van der Waals surface area contributed by atoms with E-state index in [1.54, 1.807) is 32.8 Å². The number of hydrogen-bond donors (Lipinski definition) is 5. The van der Waals surface area contributed by atoms with Crippen LogP contribution in [0, 0.1) is 10.1 Å². The van der Waals surface area contributed by atoms with Crippen LogP contribution in [0.4, 0.5) is 0 Å². The lowest BCUT2D eigenvalue weighted by molar-refractivity contribution is -1.27. The average Bonchev–Trinajstić information content (AvgIpc) is 2.55. The van der Waals surface area contributed by atoms with Crippen LogP contribution in [0.25, 0.3) is 0 Å². The van der Waals surface area contributed by atoms with Crippen LogP contribution < -0.4 is 5.23 Å². The summed E-state index contributed by atoms with van der Waals surface area (Å²) in [5.74, 6) is 0. The molecule has 0 spiro atoms. The molecule has 2 unspecified atom stereocenters. The number of aliphatic hydroxyl groups excluding tert-OH is 2. The zero-order valence-corrected chi connectivity index (χ0v) is 15.1. The molecule has 0 saturated heterocycles. The van der Waals surface area contributed by atoms with Gasteiger partial charge in [-0.2, -0.15) is 10.4 Å². The first-order chi connectivity index (χ1) is 11.1. The maximum atomic E-state index is 11.2. The average molecular weight is 353 g/mol. The van der Waals surface area contributed by atoms with Crippen LogP contribution in [0.2, 0.25) is 0 Å². The summed E-state index contributed by atoms with van der Waals surface area (Å²) in [5.41, 5.74) is -2.46. The van der Waals surface area contributed by atoms with E-state index in [4.69, 9.17) is 0 Å². The van der Waals surface area contributed by atoms with Gasteiger partial charge in [0.05, 0.1) is 13.1 Å². The van der Waals surface area contributed by atoms with Gasteiger partial charge in [-0.25, -0.2) is 0 Å². The summed E-state index contributed by atoms with van der Waals surface area (Å²) in [6.07, 6.45) is 0.601. The third-order valence-electron chi connectivity index (χ3n) is 4.79. The molecule has 0 aliphatic rings. The second-order valence-electron chi connectivity index (χ2n) is 6.58. The summed E-state index contributed by atoms with van der Waals surface area (Å²) in [6, 6.07) is 0. The number of likely N-dealkylation sites (N-methyl/N-ethyl adjacent to an activating group) is 2. The van der Waals surface area contributed by atoms with Gasteiger partial charge >= 0.3 is 0 Å². The Morgan fingerprint density at radius 1 is 1.00 bits per heavy atom. The second-order valence-corrected chi connectivity index (χ2v) is 6.58. The topological polar surface area (TPSA) is 135 Å². The summed E-state index contributed by atoms with van der Waals surface area (Å²) >= 11 is 0. The zero-order chi connectivity index (χ0) is 19.0. The van der Waals surface area contributed by atoms with Crippen LogP contribution in [0.3, 0.4) is 0 Å². The Balaban J connectivity index is 4.64. The third-order valence-corrected chi connectivity index (χ3v) is 4.79. The molecule has 0 rings (SSSR count). The van der Waals surface area contributed by atoms with Crippen molar-refractivity contribution in [1.82, 2.24) is 9.80 Å². The molecule has 0 fully saturated rings. The van der Waals surface area contributed by atoms with Gasteiger partial charge in [-0.1, -0.05) is 19.1 Å². The fourth-order valence-electron chi connectivity index (χ4n) is 2.61. The number of aliphatic hydroxyl groups is 2. The van der Waals surface area contributed by atoms with Crippen LogP contribution in [-0.2, 0) is 0 Å². The minimum atomic E-state index is -1.37. The maximum Gasteiger partial charge on any atom is 0.256 e. The Labute approximate surface area is 143 Å². The Bertz CT molecular complexity index is 374. The molecule has 0 heterocycles. The number of nitrogens with zero attached hydrogens (tertiary/aromatic N) is 3. The van der Waals surface area contributed by atoms with Crippen molar-refractivity contribution in [2.75, 3.05) is 53.5 Å². The van der Waals surface area contributed by atoms with Crippen LogP contribution in [0.15, 0.2) is 0 Å². The predicted molar refractivity (Wildman–Crippen MR) is 86.7 cm³/mol. The minimum absolute atomic E-state index is 0.122. The molecule has 10 nitrogen and oxygen atoms in total. The van der Waals surface area contributed by atoms with Gasteiger partial charge in [-0.15, -0.1) is 0 Å². The highest BCUT2D eigenvalue weighted by atomic mass is 16.8. The van der Waals surface area contributed by atoms with Gasteiger partial charge in [-0.05, 0) is 14.1 Å². The van der Waals surface area contributed by atoms with Gasteiger partial charge < -0.3 is 10.2 Å². The molecular weight excluding hydrogens is 320 g/mol. The molecule has 0 amide bonds. The van der Waals surface area contributed by atoms with E-state index >= 15 is 0 Å². The molecule has 0 aliphatic carbocycles. The van der Waals surface area contributed by atoms with Gasteiger partial charge in [0.2, 0.25) is 0 Å². The summed E-state index contributed by atoms with van der Waals surface area (Å²) in [5, 5.41) is 48.2. The van der Waals surface area contributed by atoms with E-state index in [2.05, 4.69) is 0 Å². The van der Waals surface area contributed by atoms with Gasteiger partial charge in [-0.3, -0.25) is 19.9 Å². The summed E-state index contributed by atoms with van der Waals surface area (Å²) < 4.78 is 0. The van der Waals surface area contributed by atoms with Crippen molar-refractivity contribution in [2.24, 2.45) is 0 Å². The Morgan fingerprint density at radius 2 is 1.50 bits per heavy atom. The van der Waals surface area contributed by atoms with E-state index in [-0.39, 0.29) is 26.1 Å². The van der Waals surface area contributed by atoms with E-state index in [1.807, 2.05) is 4.90 Å². The number of nitrogens with one attached hydrogen (secondary N) is 1. The molecule has 0 aliphatic heterocycles. The van der Waals surface area contributed by atoms with Crippen molar-refractivity contribution in [3.8, 4) is 0 Å². The predicted octanol–water partition coefficient (Wildman–Crippen LogP) is -1.93. The first-order valence-corrected chi connectivity index (χ1v) is 8.11. The van der Waals surface area contributed by atoms with Crippen molar-refractivity contribution >= 4 is 0 Å². The van der Waals surface area contributed by atoms with Crippen molar-refractivity contribution in [3.63, 3.8) is 0 Å². The molecule has 10 heteroatoms. The van der Waals surface area contributed by atoms with Crippen molar-refractivity contribution in [1.29, 1.82) is 0 Å². The summed E-state index contributed by atoms with van der Waals surface area (Å²) in [6.45, 7) is 3.94. The molecule has 5 N–H and O–H groups in total. The standard InChI is InChI=1S/C14H32N4O6/c1-5-13(11-19,17(21)22)9-15(3)7-8-16(4)10-14(6-2,12-20)18(23)24/h19-22H,5-12H2,1-4H3/p+1. The minimum Gasteiger partial charge on any atom is -0.390 e. The Morgan fingerprint density at radius 3 is 1.79 bits per heavy atom. The van der Waals surface area contributed by atoms with Crippen molar-refractivity contribution in [2.45, 2.75) is 37.8 Å². The molecule has 24 heavy (non-hydrogen) atoms. The normalized spacial score (nSPS) is 17.3. The molecule has 0 saturated carbocycles. The number of nitro groups is 1. The van der Waals surface area contributed by atoms with Gasteiger partial charge in [0.25, 0.3) is 5.54 Å². The number of hydroxylamine groups is 2. The Kier molecular flexibility index (Phi) is 9.81. The van der Waals surface area contributed by atoms with E-state index in [0.29, 0.717) is 19.5 Å². The smallest absolute Gasteiger partial charge is 0.256 e. The maximum absolute atomic E-state index is 11.2. The highest BCUT2D eigenvalue weighted by Gasteiger charge is 2.42. The molecule has 0 radical (unpaired) electrons. The monoisotopic (exact) mass is 353 g/mol. The van der Waals surface area contributed by atoms with Gasteiger partial charge in [0.15, 0.2) is 5.54 Å². The first-order valence-electron chi connectivity index (χ1n) is 8.11. The van der Waals surface area contributed by atoms with Gasteiger partial charge in [0.1, 0.15) is 13.2 Å². The lowest BCUT2D eigenvalue weighted by Gasteiger charge is -2.33. The van der Waals surface area contributed by atoms with Gasteiger partial charge in [0, 0.05) is 30.9 Å². The molecule has 0 aromatic carbocycles. The second kappa shape index (κ2) is 10.2. The van der Waals surface area contributed by atoms with E-state index in [1.165, 1.54) is 0 Å². The van der Waals surface area contributed by atoms with E-state index in [0.717, 1.165) is 0 Å². The first kappa shape index (κ1) is 23.1. The van der Waals surface area contributed by atoms with Crippen molar-refractivity contribution < 1.29 is 30.8 Å². The molecule has 0 bridgehead atoms. The Hall–Kier alpha value is -0.880. The summed E-state index contributed by atoms with van der Waals surface area (Å²) in [7, 11) is 3.52. The zero-order valence-electron chi connectivity index (χ0n) is 15.1. The van der Waals surface area contributed by atoms with Crippen LogP contribution >= 0.6 is 0 Å². The quantitative estimate of drug-likeness (QED) is 0.191. The highest BCUT2D eigenvalue weighted by molar-refractivity contribution is 4.82. The molecular formula is C14H33N4O6+. The molecule has 0 aromatic heterocycles. The fraction of sp³-hybridized carbons (Fsp3) is 1.00. The van der Waals surface area contributed by atoms with Crippen LogP contribution in [0.5, 0.6) is 0 Å². The molecule has 144 valence electrons. The number of hydrogen-bond acceptors (Lipinski definition) is 8. The largest absolute Gasteiger partial charge is 0.390 e. The van der Waals surface area contributed by atoms with Crippen LogP contribution in [-0.4, -0.2) is 99.9 Å². The number of quaternary nitrogens is 1. The van der Waals surface area contributed by atoms with Crippen molar-refractivity contribution in [3.05, 3.63) is 10.1 Å². The number of rotatable bonds is 13. The lowest BCUT2D eigenvalue weighted by Crippen LogP contribution is -3.18. The van der Waals surface area contributed by atoms with Crippen LogP contribution in [0.1, 0.15) is 26.7 Å². The molecule has 2 atom stereocenters. The van der Waals surface area contributed by atoms with E-state index < -0.39 is 27.8 Å². The fourth-order valence-corrected chi connectivity index (χ4v) is 2.61. The molecule has 0 aromatic rings.